The molecule has 2 amide bonds. The van der Waals surface area contributed by atoms with Crippen molar-refractivity contribution in [3.05, 3.63) is 104 Å². The molecule has 0 aliphatic heterocycles. The number of halogens is 4. The lowest BCUT2D eigenvalue weighted by molar-refractivity contribution is -0.141. The molecule has 4 nitrogen and oxygen atoms in total. The standard InChI is InChI=1S/C28H28Cl4N2O2/c1-3-18(2)33-28(36)26(14-19-8-5-4-6-9-19)34(17-22-23(30)10-7-11-24(22)31)27(35)15-20-12-13-21(29)16-25(20)32/h4-13,16,18,26H,3,14-15,17H2,1-2H3,(H,33,36)/t18-,26-/m1/s1. The van der Waals surface area contributed by atoms with Crippen molar-refractivity contribution in [2.75, 3.05) is 0 Å². The smallest absolute Gasteiger partial charge is 0.243 e. The van der Waals surface area contributed by atoms with Crippen LogP contribution in [-0.4, -0.2) is 28.8 Å². The predicted octanol–water partition coefficient (Wildman–Crippen LogP) is 7.40. The molecule has 3 aromatic rings. The van der Waals surface area contributed by atoms with Crippen LogP contribution in [0, 0.1) is 0 Å². The zero-order chi connectivity index (χ0) is 26.2. The zero-order valence-electron chi connectivity index (χ0n) is 20.1. The van der Waals surface area contributed by atoms with Gasteiger partial charge in [-0.15, -0.1) is 0 Å². The van der Waals surface area contributed by atoms with Gasteiger partial charge in [-0.1, -0.05) is 95.8 Å². The summed E-state index contributed by atoms with van der Waals surface area (Å²) in [6.45, 7) is 3.99. The average molecular weight is 566 g/mol. The van der Waals surface area contributed by atoms with Gasteiger partial charge in [0, 0.05) is 44.7 Å². The van der Waals surface area contributed by atoms with Crippen LogP contribution in [0.1, 0.15) is 37.0 Å². The summed E-state index contributed by atoms with van der Waals surface area (Å²) >= 11 is 25.4. The number of amides is 2. The highest BCUT2D eigenvalue weighted by Gasteiger charge is 2.32. The van der Waals surface area contributed by atoms with E-state index in [1.807, 2.05) is 44.2 Å². The van der Waals surface area contributed by atoms with E-state index in [0.29, 0.717) is 37.6 Å². The molecule has 8 heteroatoms. The summed E-state index contributed by atoms with van der Waals surface area (Å²) < 4.78 is 0. The molecule has 0 fully saturated rings. The minimum atomic E-state index is -0.799. The molecule has 0 bridgehead atoms. The Balaban J connectivity index is 2.04. The van der Waals surface area contributed by atoms with Gasteiger partial charge in [-0.3, -0.25) is 9.59 Å². The molecule has 0 saturated carbocycles. The Kier molecular flexibility index (Phi) is 10.5. The summed E-state index contributed by atoms with van der Waals surface area (Å²) in [4.78, 5) is 29.0. The minimum absolute atomic E-state index is 0.0139. The van der Waals surface area contributed by atoms with E-state index in [2.05, 4.69) is 5.32 Å². The number of hydrogen-bond acceptors (Lipinski definition) is 2. The molecule has 0 aliphatic carbocycles. The fraction of sp³-hybridized carbons (Fsp3) is 0.286. The van der Waals surface area contributed by atoms with Gasteiger partial charge in [-0.2, -0.15) is 0 Å². The largest absolute Gasteiger partial charge is 0.352 e. The number of hydrogen-bond donors (Lipinski definition) is 1. The summed E-state index contributed by atoms with van der Waals surface area (Å²) in [5.41, 5.74) is 2.11. The quantitative estimate of drug-likeness (QED) is 0.278. The third kappa shape index (κ3) is 7.63. The second-order valence-corrected chi connectivity index (χ2v) is 10.3. The lowest BCUT2D eigenvalue weighted by atomic mass is 10.0. The van der Waals surface area contributed by atoms with Crippen molar-refractivity contribution in [1.29, 1.82) is 0 Å². The molecule has 3 rings (SSSR count). The van der Waals surface area contributed by atoms with Crippen molar-refractivity contribution in [2.24, 2.45) is 0 Å². The molecule has 0 radical (unpaired) electrons. The highest BCUT2D eigenvalue weighted by atomic mass is 35.5. The molecule has 190 valence electrons. The van der Waals surface area contributed by atoms with Crippen molar-refractivity contribution in [3.8, 4) is 0 Å². The molecule has 0 heterocycles. The second kappa shape index (κ2) is 13.3. The molecule has 0 spiro atoms. The van der Waals surface area contributed by atoms with E-state index in [4.69, 9.17) is 46.4 Å². The van der Waals surface area contributed by atoms with Crippen LogP contribution < -0.4 is 5.32 Å². The van der Waals surface area contributed by atoms with Crippen LogP contribution in [0.5, 0.6) is 0 Å². The van der Waals surface area contributed by atoms with Crippen LogP contribution in [0.2, 0.25) is 20.1 Å². The summed E-state index contributed by atoms with van der Waals surface area (Å²) in [5.74, 6) is -0.526. The van der Waals surface area contributed by atoms with Crippen LogP contribution in [0.4, 0.5) is 0 Å². The first kappa shape index (κ1) is 28.3. The molecule has 3 aromatic carbocycles. The molecule has 0 aromatic heterocycles. The van der Waals surface area contributed by atoms with Crippen molar-refractivity contribution < 1.29 is 9.59 Å². The van der Waals surface area contributed by atoms with Crippen LogP contribution in [0.3, 0.4) is 0 Å². The molecule has 36 heavy (non-hydrogen) atoms. The Morgan fingerprint density at radius 3 is 2.17 bits per heavy atom. The molecule has 2 atom stereocenters. The Morgan fingerprint density at radius 2 is 1.56 bits per heavy atom. The Hall–Kier alpha value is -2.24. The van der Waals surface area contributed by atoms with Gasteiger partial charge >= 0.3 is 0 Å². The Labute approximate surface area is 232 Å². The van der Waals surface area contributed by atoms with Gasteiger partial charge in [0.1, 0.15) is 6.04 Å². The van der Waals surface area contributed by atoms with E-state index in [1.165, 1.54) is 0 Å². The summed E-state index contributed by atoms with van der Waals surface area (Å²) in [6, 6.07) is 18.9. The Bertz CT molecular complexity index is 1180. The maximum atomic E-state index is 13.8. The number of nitrogens with zero attached hydrogens (tertiary/aromatic N) is 1. The van der Waals surface area contributed by atoms with E-state index >= 15 is 0 Å². The number of rotatable bonds is 10. The minimum Gasteiger partial charge on any atom is -0.352 e. The Morgan fingerprint density at radius 1 is 0.889 bits per heavy atom. The van der Waals surface area contributed by atoms with Crippen molar-refractivity contribution in [1.82, 2.24) is 10.2 Å². The van der Waals surface area contributed by atoms with E-state index < -0.39 is 6.04 Å². The summed E-state index contributed by atoms with van der Waals surface area (Å²) in [6.07, 6.45) is 1.07. The molecular formula is C28H28Cl4N2O2. The molecule has 0 unspecified atom stereocenters. The molecule has 0 saturated heterocycles. The van der Waals surface area contributed by atoms with E-state index in [0.717, 1.165) is 12.0 Å². The molecule has 1 N–H and O–H groups in total. The maximum Gasteiger partial charge on any atom is 0.243 e. The lowest BCUT2D eigenvalue weighted by Gasteiger charge is -2.33. The van der Waals surface area contributed by atoms with Gasteiger partial charge in [-0.05, 0) is 48.7 Å². The van der Waals surface area contributed by atoms with Crippen LogP contribution in [0.15, 0.2) is 66.7 Å². The van der Waals surface area contributed by atoms with E-state index in [-0.39, 0.29) is 30.8 Å². The fourth-order valence-electron chi connectivity index (χ4n) is 3.78. The van der Waals surface area contributed by atoms with Crippen LogP contribution in [-0.2, 0) is 29.0 Å². The topological polar surface area (TPSA) is 49.4 Å². The number of carbonyl (C=O) groups excluding carboxylic acids is 2. The lowest BCUT2D eigenvalue weighted by Crippen LogP contribution is -2.52. The molecule has 0 aliphatic rings. The monoisotopic (exact) mass is 564 g/mol. The van der Waals surface area contributed by atoms with E-state index in [9.17, 15) is 9.59 Å². The van der Waals surface area contributed by atoms with Gasteiger partial charge in [-0.25, -0.2) is 0 Å². The number of benzene rings is 3. The SMILES string of the molecule is CC[C@@H](C)NC(=O)[C@@H](Cc1ccccc1)N(Cc1c(Cl)cccc1Cl)C(=O)Cc1ccc(Cl)cc1Cl. The highest BCUT2D eigenvalue weighted by molar-refractivity contribution is 6.36. The second-order valence-electron chi connectivity index (χ2n) is 8.66. The van der Waals surface area contributed by atoms with Gasteiger partial charge in [0.05, 0.1) is 6.42 Å². The van der Waals surface area contributed by atoms with Crippen molar-refractivity contribution >= 4 is 58.2 Å². The summed E-state index contributed by atoms with van der Waals surface area (Å²) in [5, 5.41) is 4.75. The molecular weight excluding hydrogens is 538 g/mol. The van der Waals surface area contributed by atoms with Gasteiger partial charge in [0.25, 0.3) is 0 Å². The van der Waals surface area contributed by atoms with Crippen LogP contribution in [0.25, 0.3) is 0 Å². The van der Waals surface area contributed by atoms with Gasteiger partial charge in [0.2, 0.25) is 11.8 Å². The van der Waals surface area contributed by atoms with Crippen molar-refractivity contribution in [2.45, 2.75) is 51.7 Å². The average Bonchev–Trinajstić information content (AvgIpc) is 2.85. The maximum absolute atomic E-state index is 13.8. The van der Waals surface area contributed by atoms with Crippen LogP contribution >= 0.6 is 46.4 Å². The third-order valence-electron chi connectivity index (χ3n) is 6.02. The van der Waals surface area contributed by atoms with Gasteiger partial charge in [0.15, 0.2) is 0 Å². The normalized spacial score (nSPS) is 12.6. The first-order chi connectivity index (χ1) is 17.2. The first-order valence-electron chi connectivity index (χ1n) is 11.7. The predicted molar refractivity (Wildman–Crippen MR) is 149 cm³/mol. The number of carbonyl (C=O) groups is 2. The first-order valence-corrected chi connectivity index (χ1v) is 13.2. The third-order valence-corrected chi connectivity index (χ3v) is 7.31. The zero-order valence-corrected chi connectivity index (χ0v) is 23.1. The number of nitrogens with one attached hydrogen (secondary N) is 1. The fourth-order valence-corrected chi connectivity index (χ4v) is 4.77. The highest BCUT2D eigenvalue weighted by Crippen LogP contribution is 2.28. The summed E-state index contributed by atoms with van der Waals surface area (Å²) in [7, 11) is 0. The van der Waals surface area contributed by atoms with Crippen molar-refractivity contribution in [3.63, 3.8) is 0 Å². The van der Waals surface area contributed by atoms with Gasteiger partial charge < -0.3 is 10.2 Å². The van der Waals surface area contributed by atoms with E-state index in [1.54, 1.807) is 41.3 Å².